The van der Waals surface area contributed by atoms with Crippen LogP contribution in [0.5, 0.6) is 5.75 Å². The molecule has 0 bridgehead atoms. The third kappa shape index (κ3) is 4.89. The van der Waals surface area contributed by atoms with Crippen molar-refractivity contribution in [2.24, 2.45) is 0 Å². The van der Waals surface area contributed by atoms with Crippen molar-refractivity contribution >= 4 is 5.97 Å². The van der Waals surface area contributed by atoms with Gasteiger partial charge in [0.25, 0.3) is 0 Å². The Balaban J connectivity index is 1.25. The second kappa shape index (κ2) is 8.13. The second-order valence-corrected chi connectivity index (χ2v) is 7.58. The van der Waals surface area contributed by atoms with Crippen molar-refractivity contribution in [3.05, 3.63) is 65.2 Å². The van der Waals surface area contributed by atoms with Gasteiger partial charge in [-0.1, -0.05) is 29.8 Å². The summed E-state index contributed by atoms with van der Waals surface area (Å²) in [5.41, 5.74) is 3.27. The van der Waals surface area contributed by atoms with Crippen LogP contribution in [-0.4, -0.2) is 31.4 Å². The first-order valence-corrected chi connectivity index (χ1v) is 9.79. The minimum Gasteiger partial charge on any atom is -0.491 e. The summed E-state index contributed by atoms with van der Waals surface area (Å²) in [6, 6.07) is 16.0. The molecule has 0 spiro atoms. The van der Waals surface area contributed by atoms with Crippen LogP contribution >= 0.6 is 0 Å². The molecule has 1 heterocycles. The van der Waals surface area contributed by atoms with E-state index in [0.29, 0.717) is 18.1 Å². The maximum atomic E-state index is 12.4. The molecule has 1 saturated heterocycles. The predicted octanol–water partition coefficient (Wildman–Crippen LogP) is 4.66. The smallest absolute Gasteiger partial charge is 0.338 e. The van der Waals surface area contributed by atoms with Gasteiger partial charge in [0.2, 0.25) is 0 Å². The summed E-state index contributed by atoms with van der Waals surface area (Å²) in [6.45, 7) is 3.45. The quantitative estimate of drug-likeness (QED) is 0.551. The van der Waals surface area contributed by atoms with Gasteiger partial charge in [0.05, 0.1) is 12.2 Å². The van der Waals surface area contributed by atoms with Crippen molar-refractivity contribution in [3.8, 4) is 5.75 Å². The van der Waals surface area contributed by atoms with Gasteiger partial charge in [0.15, 0.2) is 0 Å². The highest BCUT2D eigenvalue weighted by Gasteiger charge is 2.25. The van der Waals surface area contributed by atoms with Gasteiger partial charge in [0, 0.05) is 0 Å². The summed E-state index contributed by atoms with van der Waals surface area (Å²) in [6.07, 6.45) is 4.22. The molecule has 0 N–H and O–H groups in total. The van der Waals surface area contributed by atoms with Gasteiger partial charge < -0.3 is 14.2 Å². The molecule has 2 aromatic rings. The number of benzene rings is 2. The van der Waals surface area contributed by atoms with E-state index in [-0.39, 0.29) is 18.2 Å². The summed E-state index contributed by atoms with van der Waals surface area (Å²) in [5, 5.41) is 0. The molecule has 0 aromatic heterocycles. The van der Waals surface area contributed by atoms with Gasteiger partial charge in [-0.2, -0.15) is 0 Å². The minimum atomic E-state index is -0.245. The van der Waals surface area contributed by atoms with E-state index >= 15 is 0 Å². The molecule has 1 unspecified atom stereocenters. The standard InChI is InChI=1S/C23H26O4/c1-16-2-4-17(5-3-16)18-6-12-21(13-7-18)27-23(24)19-8-10-20(11-9-19)25-14-22-15-26-22/h2-5,8-11,18,21-22H,6-7,12-15H2,1H3. The highest BCUT2D eigenvalue weighted by Crippen LogP contribution is 2.34. The molecule has 2 aromatic carbocycles. The molecular weight excluding hydrogens is 340 g/mol. The lowest BCUT2D eigenvalue weighted by Crippen LogP contribution is -2.24. The Hall–Kier alpha value is -2.33. The molecule has 2 aliphatic rings. The number of rotatable bonds is 6. The fourth-order valence-electron chi connectivity index (χ4n) is 3.61. The summed E-state index contributed by atoms with van der Waals surface area (Å²) in [4.78, 5) is 12.4. The Morgan fingerprint density at radius 1 is 1.00 bits per heavy atom. The summed E-state index contributed by atoms with van der Waals surface area (Å²) in [7, 11) is 0. The van der Waals surface area contributed by atoms with Gasteiger partial charge in [0.1, 0.15) is 24.6 Å². The Kier molecular flexibility index (Phi) is 5.44. The van der Waals surface area contributed by atoms with Crippen LogP contribution in [0.2, 0.25) is 0 Å². The van der Waals surface area contributed by atoms with Gasteiger partial charge in [-0.3, -0.25) is 0 Å². The molecule has 4 heteroatoms. The van der Waals surface area contributed by atoms with Crippen LogP contribution in [0.25, 0.3) is 0 Å². The molecule has 27 heavy (non-hydrogen) atoms. The van der Waals surface area contributed by atoms with Crippen molar-refractivity contribution in [1.82, 2.24) is 0 Å². The number of esters is 1. The zero-order valence-corrected chi connectivity index (χ0v) is 15.7. The van der Waals surface area contributed by atoms with Crippen molar-refractivity contribution in [2.75, 3.05) is 13.2 Å². The zero-order chi connectivity index (χ0) is 18.6. The molecule has 142 valence electrons. The van der Waals surface area contributed by atoms with Crippen molar-refractivity contribution in [3.63, 3.8) is 0 Å². The summed E-state index contributed by atoms with van der Waals surface area (Å²) >= 11 is 0. The van der Waals surface area contributed by atoms with Crippen molar-refractivity contribution in [1.29, 1.82) is 0 Å². The third-order valence-corrected chi connectivity index (χ3v) is 5.42. The monoisotopic (exact) mass is 366 g/mol. The number of carbonyl (C=O) groups excluding carboxylic acids is 1. The first kappa shape index (κ1) is 18.1. The summed E-state index contributed by atoms with van der Waals surface area (Å²) < 4.78 is 16.4. The van der Waals surface area contributed by atoms with Crippen molar-refractivity contribution in [2.45, 2.75) is 50.7 Å². The molecular formula is C23H26O4. The number of hydrogen-bond donors (Lipinski definition) is 0. The minimum absolute atomic E-state index is 0.0159. The van der Waals surface area contributed by atoms with E-state index in [1.807, 2.05) is 12.1 Å². The van der Waals surface area contributed by atoms with Gasteiger partial charge in [-0.15, -0.1) is 0 Å². The molecule has 1 aliphatic heterocycles. The highest BCUT2D eigenvalue weighted by atomic mass is 16.6. The Bertz CT molecular complexity index is 754. The second-order valence-electron chi connectivity index (χ2n) is 7.58. The normalized spacial score (nSPS) is 24.3. The molecule has 2 fully saturated rings. The molecule has 0 amide bonds. The fourth-order valence-corrected chi connectivity index (χ4v) is 3.61. The van der Waals surface area contributed by atoms with E-state index in [1.165, 1.54) is 11.1 Å². The van der Waals surface area contributed by atoms with E-state index in [9.17, 15) is 4.79 Å². The van der Waals surface area contributed by atoms with E-state index in [2.05, 4.69) is 31.2 Å². The lowest BCUT2D eigenvalue weighted by atomic mass is 9.82. The zero-order valence-electron chi connectivity index (χ0n) is 15.7. The van der Waals surface area contributed by atoms with Crippen LogP contribution in [0.15, 0.2) is 48.5 Å². The topological polar surface area (TPSA) is 48.1 Å². The maximum Gasteiger partial charge on any atom is 0.338 e. The molecule has 0 radical (unpaired) electrons. The van der Waals surface area contributed by atoms with Crippen LogP contribution in [0.1, 0.15) is 53.1 Å². The average molecular weight is 366 g/mol. The van der Waals surface area contributed by atoms with E-state index in [1.54, 1.807) is 12.1 Å². The average Bonchev–Trinajstić information content (AvgIpc) is 3.53. The number of hydrogen-bond acceptors (Lipinski definition) is 4. The predicted molar refractivity (Wildman–Crippen MR) is 103 cm³/mol. The lowest BCUT2D eigenvalue weighted by Gasteiger charge is -2.28. The van der Waals surface area contributed by atoms with E-state index in [0.717, 1.165) is 38.0 Å². The van der Waals surface area contributed by atoms with Crippen LogP contribution in [0, 0.1) is 6.92 Å². The first-order chi connectivity index (χ1) is 13.2. The SMILES string of the molecule is Cc1ccc(C2CCC(OC(=O)c3ccc(OCC4CO4)cc3)CC2)cc1. The van der Waals surface area contributed by atoms with Crippen LogP contribution in [-0.2, 0) is 9.47 Å². The Morgan fingerprint density at radius 3 is 2.30 bits per heavy atom. The van der Waals surface area contributed by atoms with Crippen LogP contribution in [0.3, 0.4) is 0 Å². The molecule has 4 nitrogen and oxygen atoms in total. The van der Waals surface area contributed by atoms with Crippen molar-refractivity contribution < 1.29 is 19.0 Å². The van der Waals surface area contributed by atoms with Gasteiger partial charge >= 0.3 is 5.97 Å². The molecule has 1 aliphatic carbocycles. The highest BCUT2D eigenvalue weighted by molar-refractivity contribution is 5.89. The Morgan fingerprint density at radius 2 is 1.67 bits per heavy atom. The van der Waals surface area contributed by atoms with Gasteiger partial charge in [-0.05, 0) is 68.4 Å². The number of carbonyl (C=O) groups is 1. The lowest BCUT2D eigenvalue weighted by molar-refractivity contribution is 0.0195. The summed E-state index contributed by atoms with van der Waals surface area (Å²) in [5.74, 6) is 1.08. The number of epoxide rings is 1. The number of aryl methyl sites for hydroxylation is 1. The van der Waals surface area contributed by atoms with Crippen LogP contribution in [0.4, 0.5) is 0 Å². The van der Waals surface area contributed by atoms with Gasteiger partial charge in [-0.25, -0.2) is 4.79 Å². The fraction of sp³-hybridized carbons (Fsp3) is 0.435. The Labute approximate surface area is 160 Å². The first-order valence-electron chi connectivity index (χ1n) is 9.79. The molecule has 1 atom stereocenters. The van der Waals surface area contributed by atoms with E-state index in [4.69, 9.17) is 14.2 Å². The number of ether oxygens (including phenoxy) is 3. The molecule has 1 saturated carbocycles. The molecule has 4 rings (SSSR count). The van der Waals surface area contributed by atoms with Crippen LogP contribution < -0.4 is 4.74 Å². The third-order valence-electron chi connectivity index (χ3n) is 5.42. The maximum absolute atomic E-state index is 12.4. The largest absolute Gasteiger partial charge is 0.491 e. The van der Waals surface area contributed by atoms with E-state index < -0.39 is 0 Å².